The van der Waals surface area contributed by atoms with Gasteiger partial charge < -0.3 is 20.9 Å². The molecule has 1 rings (SSSR count). The van der Waals surface area contributed by atoms with E-state index in [2.05, 4.69) is 0 Å². The first kappa shape index (κ1) is 9.44. The highest BCUT2D eigenvalue weighted by Crippen LogP contribution is 2.10. The molecule has 0 spiro atoms. The molecule has 1 saturated heterocycles. The van der Waals surface area contributed by atoms with Crippen molar-refractivity contribution in [3.63, 3.8) is 0 Å². The van der Waals surface area contributed by atoms with Gasteiger partial charge in [0.15, 0.2) is 0 Å². The van der Waals surface area contributed by atoms with E-state index in [4.69, 9.17) is 20.9 Å². The third-order valence-electron chi connectivity index (χ3n) is 1.69. The minimum absolute atomic E-state index is 0.0718. The molecule has 0 aromatic carbocycles. The standard InChI is InChI=1S/C7H14N2O3/c1-7(9,4-8)6(10)12-3-5-2-11-5/h5H,2-4,8-9H2,1H3. The predicted molar refractivity (Wildman–Crippen MR) is 42.3 cm³/mol. The van der Waals surface area contributed by atoms with Gasteiger partial charge in [-0.2, -0.15) is 0 Å². The fourth-order valence-electron chi connectivity index (χ4n) is 0.581. The first-order chi connectivity index (χ1) is 5.56. The van der Waals surface area contributed by atoms with E-state index in [0.717, 1.165) is 0 Å². The smallest absolute Gasteiger partial charge is 0.327 e. The number of rotatable bonds is 4. The van der Waals surface area contributed by atoms with Gasteiger partial charge >= 0.3 is 5.97 Å². The van der Waals surface area contributed by atoms with Crippen LogP contribution in [0.15, 0.2) is 0 Å². The van der Waals surface area contributed by atoms with Gasteiger partial charge in [0.25, 0.3) is 0 Å². The number of carbonyl (C=O) groups excluding carboxylic acids is 1. The SMILES string of the molecule is CC(N)(CN)C(=O)OCC1CO1. The number of carbonyl (C=O) groups is 1. The molecule has 0 aliphatic carbocycles. The monoisotopic (exact) mass is 174 g/mol. The summed E-state index contributed by atoms with van der Waals surface area (Å²) < 4.78 is 9.71. The molecular formula is C7H14N2O3. The summed E-state index contributed by atoms with van der Waals surface area (Å²) in [6.45, 7) is 2.57. The molecule has 70 valence electrons. The summed E-state index contributed by atoms with van der Waals surface area (Å²) in [4.78, 5) is 11.1. The van der Waals surface area contributed by atoms with E-state index in [1.807, 2.05) is 0 Å². The van der Waals surface area contributed by atoms with Crippen molar-refractivity contribution < 1.29 is 14.3 Å². The van der Waals surface area contributed by atoms with Crippen LogP contribution < -0.4 is 11.5 Å². The summed E-state index contributed by atoms with van der Waals surface area (Å²) in [6, 6.07) is 0. The fourth-order valence-corrected chi connectivity index (χ4v) is 0.581. The average Bonchev–Trinajstić information content (AvgIpc) is 2.83. The Labute approximate surface area is 71.0 Å². The number of hydrogen-bond donors (Lipinski definition) is 2. The predicted octanol–water partition coefficient (Wildman–Crippen LogP) is -1.40. The average molecular weight is 174 g/mol. The molecule has 0 amide bonds. The molecule has 0 aromatic rings. The van der Waals surface area contributed by atoms with Crippen molar-refractivity contribution in [2.45, 2.75) is 18.6 Å². The Morgan fingerprint density at radius 3 is 2.83 bits per heavy atom. The molecule has 1 aliphatic heterocycles. The molecule has 1 fully saturated rings. The van der Waals surface area contributed by atoms with Crippen molar-refractivity contribution in [2.75, 3.05) is 19.8 Å². The van der Waals surface area contributed by atoms with Gasteiger partial charge in [-0.3, -0.25) is 4.79 Å². The zero-order valence-corrected chi connectivity index (χ0v) is 7.08. The summed E-state index contributed by atoms with van der Waals surface area (Å²) in [6.07, 6.45) is 0.0718. The lowest BCUT2D eigenvalue weighted by molar-refractivity contribution is -0.149. The number of epoxide rings is 1. The molecule has 12 heavy (non-hydrogen) atoms. The Balaban J connectivity index is 2.25. The van der Waals surface area contributed by atoms with Gasteiger partial charge in [0.05, 0.1) is 6.61 Å². The van der Waals surface area contributed by atoms with Gasteiger partial charge in [0, 0.05) is 6.54 Å². The van der Waals surface area contributed by atoms with Gasteiger partial charge in [0.2, 0.25) is 0 Å². The topological polar surface area (TPSA) is 90.9 Å². The molecule has 1 heterocycles. The molecular weight excluding hydrogens is 160 g/mol. The number of nitrogens with two attached hydrogens (primary N) is 2. The number of ether oxygens (including phenoxy) is 2. The molecule has 2 atom stereocenters. The summed E-state index contributed by atoms with van der Waals surface area (Å²) >= 11 is 0. The van der Waals surface area contributed by atoms with Gasteiger partial charge in [-0.1, -0.05) is 0 Å². The first-order valence-electron chi connectivity index (χ1n) is 3.84. The number of hydrogen-bond acceptors (Lipinski definition) is 5. The third-order valence-corrected chi connectivity index (χ3v) is 1.69. The molecule has 5 nitrogen and oxygen atoms in total. The van der Waals surface area contributed by atoms with Crippen LogP contribution >= 0.6 is 0 Å². The molecule has 1 aliphatic rings. The van der Waals surface area contributed by atoms with Crippen molar-refractivity contribution >= 4 is 5.97 Å². The van der Waals surface area contributed by atoms with Crippen LogP contribution in [0.2, 0.25) is 0 Å². The van der Waals surface area contributed by atoms with Crippen molar-refractivity contribution in [1.29, 1.82) is 0 Å². The summed E-state index contributed by atoms with van der Waals surface area (Å²) in [7, 11) is 0. The summed E-state index contributed by atoms with van der Waals surface area (Å²) in [5.74, 6) is -0.472. The van der Waals surface area contributed by atoms with Gasteiger partial charge in [-0.15, -0.1) is 0 Å². The first-order valence-corrected chi connectivity index (χ1v) is 3.84. The van der Waals surface area contributed by atoms with Crippen LogP contribution in [-0.2, 0) is 14.3 Å². The maximum atomic E-state index is 11.1. The molecule has 4 N–H and O–H groups in total. The van der Waals surface area contributed by atoms with Gasteiger partial charge in [0.1, 0.15) is 18.2 Å². The van der Waals surface area contributed by atoms with Crippen LogP contribution in [-0.4, -0.2) is 37.4 Å². The minimum Gasteiger partial charge on any atom is -0.461 e. The third kappa shape index (κ3) is 2.44. The van der Waals surface area contributed by atoms with Gasteiger partial charge in [-0.05, 0) is 6.92 Å². The van der Waals surface area contributed by atoms with E-state index in [-0.39, 0.29) is 19.3 Å². The Hall–Kier alpha value is -0.650. The van der Waals surface area contributed by atoms with E-state index >= 15 is 0 Å². The quantitative estimate of drug-likeness (QED) is 0.404. The molecule has 5 heteroatoms. The van der Waals surface area contributed by atoms with Crippen molar-refractivity contribution in [3.05, 3.63) is 0 Å². The minimum atomic E-state index is -1.07. The highest BCUT2D eigenvalue weighted by atomic mass is 16.6. The molecule has 2 unspecified atom stereocenters. The lowest BCUT2D eigenvalue weighted by Gasteiger charge is -2.19. The second-order valence-electron chi connectivity index (χ2n) is 3.18. The second-order valence-corrected chi connectivity index (χ2v) is 3.18. The van der Waals surface area contributed by atoms with E-state index < -0.39 is 11.5 Å². The highest BCUT2D eigenvalue weighted by molar-refractivity contribution is 5.80. The Kier molecular flexibility index (Phi) is 2.66. The highest BCUT2D eigenvalue weighted by Gasteiger charge is 2.31. The van der Waals surface area contributed by atoms with Crippen LogP contribution in [0.4, 0.5) is 0 Å². The van der Waals surface area contributed by atoms with Crippen molar-refractivity contribution in [1.82, 2.24) is 0 Å². The fraction of sp³-hybridized carbons (Fsp3) is 0.857. The molecule has 0 aromatic heterocycles. The largest absolute Gasteiger partial charge is 0.461 e. The Bertz CT molecular complexity index is 177. The molecule has 0 radical (unpaired) electrons. The van der Waals surface area contributed by atoms with Crippen LogP contribution in [0.1, 0.15) is 6.92 Å². The van der Waals surface area contributed by atoms with E-state index in [0.29, 0.717) is 6.61 Å². The van der Waals surface area contributed by atoms with Crippen molar-refractivity contribution in [2.24, 2.45) is 11.5 Å². The van der Waals surface area contributed by atoms with Crippen molar-refractivity contribution in [3.8, 4) is 0 Å². The lowest BCUT2D eigenvalue weighted by atomic mass is 10.1. The van der Waals surface area contributed by atoms with E-state index in [9.17, 15) is 4.79 Å². The van der Waals surface area contributed by atoms with E-state index in [1.165, 1.54) is 0 Å². The maximum Gasteiger partial charge on any atom is 0.327 e. The Morgan fingerprint density at radius 1 is 1.83 bits per heavy atom. The Morgan fingerprint density at radius 2 is 2.42 bits per heavy atom. The zero-order valence-electron chi connectivity index (χ0n) is 7.08. The van der Waals surface area contributed by atoms with Gasteiger partial charge in [-0.25, -0.2) is 0 Å². The number of esters is 1. The second kappa shape index (κ2) is 3.38. The molecule has 0 bridgehead atoms. The van der Waals surface area contributed by atoms with Crippen LogP contribution in [0.25, 0.3) is 0 Å². The van der Waals surface area contributed by atoms with Crippen LogP contribution in [0.5, 0.6) is 0 Å². The zero-order chi connectivity index (χ0) is 9.19. The van der Waals surface area contributed by atoms with Crippen LogP contribution in [0, 0.1) is 0 Å². The lowest BCUT2D eigenvalue weighted by Crippen LogP contribution is -2.52. The summed E-state index contributed by atoms with van der Waals surface area (Å²) in [5, 5.41) is 0. The normalized spacial score (nSPS) is 26.1. The molecule has 0 saturated carbocycles. The van der Waals surface area contributed by atoms with Crippen LogP contribution in [0.3, 0.4) is 0 Å². The van der Waals surface area contributed by atoms with E-state index in [1.54, 1.807) is 6.92 Å². The summed E-state index contributed by atoms with van der Waals surface area (Å²) in [5.41, 5.74) is 9.72. The maximum absolute atomic E-state index is 11.1.